The van der Waals surface area contributed by atoms with E-state index in [0.717, 1.165) is 0 Å². The van der Waals surface area contributed by atoms with Crippen molar-refractivity contribution in [1.82, 2.24) is 16.0 Å². The Morgan fingerprint density at radius 1 is 0.679 bits per heavy atom. The summed E-state index contributed by atoms with van der Waals surface area (Å²) in [5, 5.41) is 11.2. The average molecular weight is 388 g/mol. The van der Waals surface area contributed by atoms with Crippen LogP contribution in [0.4, 0.5) is 0 Å². The molecular weight excluding hydrogens is 353 g/mol. The molecule has 3 atom stereocenters. The van der Waals surface area contributed by atoms with Gasteiger partial charge in [-0.15, -0.1) is 0 Å². The van der Waals surface area contributed by atoms with Crippen molar-refractivity contribution in [3.05, 3.63) is 30.3 Å². The molecule has 28 heavy (non-hydrogen) atoms. The molecule has 156 valence electrons. The summed E-state index contributed by atoms with van der Waals surface area (Å²) in [6.45, 7) is 15.0. The molecule has 6 nitrogen and oxygen atoms in total. The third-order valence-electron chi connectivity index (χ3n) is 6.35. The third-order valence-corrected chi connectivity index (χ3v) is 6.35. The Morgan fingerprint density at radius 3 is 1.32 bits per heavy atom. The van der Waals surface area contributed by atoms with Crippen LogP contribution in [0.2, 0.25) is 0 Å². The molecule has 3 unspecified atom stereocenters. The lowest BCUT2D eigenvalue weighted by molar-refractivity contribution is 0.0839. The third kappa shape index (κ3) is 3.53. The minimum Gasteiger partial charge on any atom is -0.400 e. The average Bonchev–Trinajstić information content (AvgIpc) is 3.27. The summed E-state index contributed by atoms with van der Waals surface area (Å²) in [6.07, 6.45) is -2.11. The highest BCUT2D eigenvalue weighted by Crippen LogP contribution is 2.34. The molecule has 4 rings (SSSR count). The minimum atomic E-state index is -1.52. The maximum Gasteiger partial charge on any atom is 0.167 e. The lowest BCUT2D eigenvalue weighted by atomic mass is 9.17. The molecule has 3 saturated heterocycles. The Hall–Kier alpha value is -0.955. The lowest BCUT2D eigenvalue weighted by Crippen LogP contribution is -2.81. The van der Waals surface area contributed by atoms with Gasteiger partial charge in [0.15, 0.2) is 6.15 Å². The van der Waals surface area contributed by atoms with Gasteiger partial charge in [-0.05, 0) is 59.9 Å². The van der Waals surface area contributed by atoms with E-state index in [1.807, 2.05) is 0 Å². The lowest BCUT2D eigenvalue weighted by Gasteiger charge is -2.53. The molecule has 0 amide bonds. The van der Waals surface area contributed by atoms with Crippen molar-refractivity contribution in [3.8, 4) is 0 Å². The standard InChI is InChI=1S/C21H35BN3O3/c1-19(2)12-26-16(23-19)22(15-10-8-7-9-11-15,17-24-20(3,4)13-27-17)18-25-21(5,6)14-28-18/h7-11,16-18,23-25H,12-14H2,1-6H3/q-1. The molecule has 0 aromatic heterocycles. The van der Waals surface area contributed by atoms with Gasteiger partial charge in [-0.3, -0.25) is 0 Å². The van der Waals surface area contributed by atoms with Crippen molar-refractivity contribution >= 4 is 11.6 Å². The van der Waals surface area contributed by atoms with E-state index < -0.39 is 6.15 Å². The summed E-state index contributed by atoms with van der Waals surface area (Å²) < 4.78 is 19.3. The van der Waals surface area contributed by atoms with Crippen LogP contribution in [0.3, 0.4) is 0 Å². The smallest absolute Gasteiger partial charge is 0.167 e. The fourth-order valence-corrected chi connectivity index (χ4v) is 4.98. The normalized spacial score (nSPS) is 35.7. The van der Waals surface area contributed by atoms with E-state index in [2.05, 4.69) is 87.8 Å². The zero-order chi connectivity index (χ0) is 20.2. The van der Waals surface area contributed by atoms with E-state index in [0.29, 0.717) is 19.8 Å². The van der Waals surface area contributed by atoms with Crippen LogP contribution >= 0.6 is 0 Å². The van der Waals surface area contributed by atoms with Gasteiger partial charge in [-0.1, -0.05) is 30.3 Å². The molecule has 0 saturated carbocycles. The van der Waals surface area contributed by atoms with Crippen LogP contribution in [-0.4, -0.2) is 61.0 Å². The molecule has 3 N–H and O–H groups in total. The Morgan fingerprint density at radius 2 is 1.04 bits per heavy atom. The molecule has 1 aromatic rings. The van der Waals surface area contributed by atoms with Gasteiger partial charge in [0.05, 0.1) is 19.8 Å². The molecular formula is C21H35BN3O3-. The summed E-state index contributed by atoms with van der Waals surface area (Å²) in [4.78, 5) is 0. The van der Waals surface area contributed by atoms with Crippen molar-refractivity contribution < 1.29 is 14.2 Å². The van der Waals surface area contributed by atoms with E-state index in [1.165, 1.54) is 5.46 Å². The van der Waals surface area contributed by atoms with Crippen molar-refractivity contribution in [3.63, 3.8) is 0 Å². The molecule has 3 aliphatic heterocycles. The number of benzene rings is 1. The quantitative estimate of drug-likeness (QED) is 0.673. The molecule has 3 fully saturated rings. The van der Waals surface area contributed by atoms with E-state index in [4.69, 9.17) is 14.2 Å². The van der Waals surface area contributed by atoms with E-state index in [9.17, 15) is 0 Å². The molecule has 0 aliphatic carbocycles. The molecule has 0 spiro atoms. The molecule has 3 heterocycles. The fourth-order valence-electron chi connectivity index (χ4n) is 4.98. The summed E-state index contributed by atoms with van der Waals surface area (Å²) in [5.74, 6) is 0. The highest BCUT2D eigenvalue weighted by atomic mass is 16.5. The van der Waals surface area contributed by atoms with Crippen LogP contribution in [0.25, 0.3) is 0 Å². The molecule has 7 heteroatoms. The molecule has 0 bridgehead atoms. The van der Waals surface area contributed by atoms with Gasteiger partial charge in [0.1, 0.15) is 0 Å². The predicted octanol–water partition coefficient (Wildman–Crippen LogP) is 1.13. The zero-order valence-electron chi connectivity index (χ0n) is 18.0. The van der Waals surface area contributed by atoms with Gasteiger partial charge in [0, 0.05) is 16.6 Å². The fraction of sp³-hybridized carbons (Fsp3) is 0.714. The second-order valence-corrected chi connectivity index (χ2v) is 10.8. The Balaban J connectivity index is 1.85. The van der Waals surface area contributed by atoms with Crippen molar-refractivity contribution in [1.29, 1.82) is 0 Å². The molecule has 1 aromatic carbocycles. The van der Waals surface area contributed by atoms with Crippen LogP contribution in [0.15, 0.2) is 30.3 Å². The van der Waals surface area contributed by atoms with Crippen LogP contribution in [0.1, 0.15) is 41.5 Å². The second-order valence-electron chi connectivity index (χ2n) is 10.8. The van der Waals surface area contributed by atoms with Gasteiger partial charge in [-0.2, -0.15) is 5.46 Å². The predicted molar refractivity (Wildman–Crippen MR) is 113 cm³/mol. The summed E-state index contributed by atoms with van der Waals surface area (Å²) >= 11 is 0. The Labute approximate surface area is 169 Å². The van der Waals surface area contributed by atoms with E-state index >= 15 is 0 Å². The van der Waals surface area contributed by atoms with Crippen LogP contribution in [-0.2, 0) is 14.2 Å². The minimum absolute atomic E-state index is 0.102. The first-order chi connectivity index (χ1) is 13.0. The highest BCUT2D eigenvalue weighted by Gasteiger charge is 2.57. The van der Waals surface area contributed by atoms with Gasteiger partial charge < -0.3 is 30.2 Å². The monoisotopic (exact) mass is 388 g/mol. The van der Waals surface area contributed by atoms with Crippen LogP contribution in [0, 0.1) is 0 Å². The van der Waals surface area contributed by atoms with Gasteiger partial charge >= 0.3 is 0 Å². The second kappa shape index (κ2) is 6.79. The SMILES string of the molecule is CC1(C)COC([B-](c2ccccc2)(C2NC(C)(C)CO2)C2NC(C)(C)CO2)N1. The maximum atomic E-state index is 6.43. The van der Waals surface area contributed by atoms with E-state index in [1.54, 1.807) is 0 Å². The number of rotatable bonds is 4. The van der Waals surface area contributed by atoms with E-state index in [-0.39, 0.29) is 35.0 Å². The van der Waals surface area contributed by atoms with Gasteiger partial charge in [-0.25, -0.2) is 0 Å². The van der Waals surface area contributed by atoms with Gasteiger partial charge in [0.25, 0.3) is 0 Å². The number of ether oxygens (including phenoxy) is 3. The summed E-state index contributed by atoms with van der Waals surface area (Å²) in [6, 6.07) is 10.6. The van der Waals surface area contributed by atoms with Crippen LogP contribution in [0.5, 0.6) is 0 Å². The Bertz CT molecular complexity index is 646. The maximum absolute atomic E-state index is 6.43. The largest absolute Gasteiger partial charge is 0.400 e. The zero-order valence-corrected chi connectivity index (χ0v) is 18.0. The molecule has 0 radical (unpaired) electrons. The van der Waals surface area contributed by atoms with Crippen LogP contribution < -0.4 is 21.4 Å². The first kappa shape index (κ1) is 20.3. The van der Waals surface area contributed by atoms with Crippen molar-refractivity contribution in [2.45, 2.75) is 76.5 Å². The number of nitrogens with one attached hydrogen (secondary N) is 3. The first-order valence-corrected chi connectivity index (χ1v) is 10.4. The number of hydrogen-bond donors (Lipinski definition) is 3. The molecule has 3 aliphatic rings. The topological polar surface area (TPSA) is 63.8 Å². The van der Waals surface area contributed by atoms with Crippen molar-refractivity contribution in [2.24, 2.45) is 0 Å². The summed E-state index contributed by atoms with van der Waals surface area (Å²) in [5.41, 5.74) is 0.890. The van der Waals surface area contributed by atoms with Crippen molar-refractivity contribution in [2.75, 3.05) is 19.8 Å². The summed E-state index contributed by atoms with van der Waals surface area (Å²) in [7, 11) is 0. The Kier molecular flexibility index (Phi) is 4.93. The first-order valence-electron chi connectivity index (χ1n) is 10.4. The highest BCUT2D eigenvalue weighted by molar-refractivity contribution is 6.94. The van der Waals surface area contributed by atoms with Gasteiger partial charge in [0.2, 0.25) is 0 Å². The number of hydrogen-bond acceptors (Lipinski definition) is 6.